The van der Waals surface area contributed by atoms with Crippen LogP contribution in [0.1, 0.15) is 82.9 Å². The summed E-state index contributed by atoms with van der Waals surface area (Å²) in [6.07, 6.45) is 12.1. The number of fused-ring (bicyclic) bond motifs is 2. The molecule has 2 N–H and O–H groups in total. The molecule has 0 spiro atoms. The minimum absolute atomic E-state index is 0.0892. The van der Waals surface area contributed by atoms with Crippen molar-refractivity contribution >= 4 is 60.9 Å². The van der Waals surface area contributed by atoms with Crippen molar-refractivity contribution in [3.63, 3.8) is 0 Å². The Kier molecular flexibility index (Phi) is 15.3. The van der Waals surface area contributed by atoms with E-state index in [4.69, 9.17) is 16.9 Å². The minimum Gasteiger partial charge on any atom is -0.344 e. The first-order valence-electron chi connectivity index (χ1n) is 21.9. The van der Waals surface area contributed by atoms with Crippen LogP contribution in [-0.4, -0.2) is 60.9 Å². The van der Waals surface area contributed by atoms with Gasteiger partial charge in [0.2, 0.25) is 5.71 Å². The predicted molar refractivity (Wildman–Crippen MR) is 261 cm³/mol. The molecule has 0 saturated heterocycles. The van der Waals surface area contributed by atoms with Crippen LogP contribution in [0.5, 0.6) is 0 Å². The number of para-hydroxylation sites is 2. The highest BCUT2D eigenvalue weighted by molar-refractivity contribution is 7.94. The molecule has 3 aliphatic rings. The molecule has 344 valence electrons. The molecule has 2 heterocycles. The molecule has 0 radical (unpaired) electrons. The van der Waals surface area contributed by atoms with Crippen LogP contribution >= 0.6 is 23.6 Å². The molecule has 0 bridgehead atoms. The van der Waals surface area contributed by atoms with Gasteiger partial charge in [-0.05, 0) is 98.2 Å². The number of hydrogen-bond acceptors (Lipinski definition) is 10. The number of benzene rings is 4. The Bertz CT molecular complexity index is 2750. The number of allylic oxidation sites excluding steroid dienone is 8. The van der Waals surface area contributed by atoms with Gasteiger partial charge in [-0.15, -0.1) is 8.31 Å². The molecule has 0 unspecified atom stereocenters. The summed E-state index contributed by atoms with van der Waals surface area (Å²) < 4.78 is 69.1. The maximum Gasteiger partial charge on any atom is 0.395 e. The fraction of sp³-hybridized carbons (Fsp3) is 0.340. The van der Waals surface area contributed by atoms with Crippen molar-refractivity contribution in [2.75, 3.05) is 34.4 Å². The van der Waals surface area contributed by atoms with Crippen molar-refractivity contribution in [1.82, 2.24) is 0 Å². The van der Waals surface area contributed by atoms with Gasteiger partial charge in [0, 0.05) is 86.2 Å². The zero-order valence-corrected chi connectivity index (χ0v) is 40.4. The van der Waals surface area contributed by atoms with E-state index in [1.54, 1.807) is 28.2 Å². The Balaban J connectivity index is 1.38. The molecule has 4 aromatic rings. The van der Waals surface area contributed by atoms with Crippen molar-refractivity contribution in [3.8, 4) is 0 Å². The molecule has 1 aliphatic carbocycles. The molecule has 65 heavy (non-hydrogen) atoms. The Hall–Kier alpha value is -4.51. The zero-order chi connectivity index (χ0) is 46.4. The van der Waals surface area contributed by atoms with Gasteiger partial charge in [0.15, 0.2) is 6.54 Å². The van der Waals surface area contributed by atoms with Crippen LogP contribution in [0.3, 0.4) is 0 Å². The van der Waals surface area contributed by atoms with E-state index in [9.17, 15) is 13.0 Å². The van der Waals surface area contributed by atoms with Gasteiger partial charge in [-0.3, -0.25) is 4.55 Å². The summed E-state index contributed by atoms with van der Waals surface area (Å²) >= 11 is 7.35. The summed E-state index contributed by atoms with van der Waals surface area (Å²) in [4.78, 5) is 4.70. The maximum atomic E-state index is 15.2. The number of nitrogens with zero attached hydrogens (tertiary/aromatic N) is 3. The SMILES string of the molecule is CC1(C)C(=CC=C2CCC(=CC=C3N(CCCCS(=O)(=O)O)c4ccccc4C3(C)C)C2=[N+](Cc2ccccc2)S(=O)(=O)c2ccc(Cl)cc2)N(CCCCSOOO)c2ccccc21. The molecule has 0 aromatic heterocycles. The van der Waals surface area contributed by atoms with Gasteiger partial charge in [-0.25, -0.2) is 5.26 Å². The van der Waals surface area contributed by atoms with Gasteiger partial charge in [0.1, 0.15) is 4.90 Å². The fourth-order valence-electron chi connectivity index (χ4n) is 9.29. The molecule has 7 rings (SSSR count). The van der Waals surface area contributed by atoms with Gasteiger partial charge in [0.05, 0.1) is 5.75 Å². The monoisotopic (exact) mass is 958 g/mol. The van der Waals surface area contributed by atoms with Gasteiger partial charge >= 0.3 is 10.0 Å². The summed E-state index contributed by atoms with van der Waals surface area (Å²) in [5, 5.41) is 12.8. The second-order valence-corrected chi connectivity index (χ2v) is 22.2. The number of sulfonamides is 1. The molecule has 15 heteroatoms. The van der Waals surface area contributed by atoms with Gasteiger partial charge in [-0.2, -0.15) is 16.8 Å². The molecule has 0 atom stereocenters. The van der Waals surface area contributed by atoms with E-state index in [2.05, 4.69) is 102 Å². The third-order valence-electron chi connectivity index (χ3n) is 12.5. The first-order chi connectivity index (χ1) is 31.0. The Morgan fingerprint density at radius 3 is 1.72 bits per heavy atom. The number of hydrogen-bond donors (Lipinski definition) is 2. The highest BCUT2D eigenvalue weighted by Gasteiger charge is 2.42. The predicted octanol–water partition coefficient (Wildman–Crippen LogP) is 11.2. The van der Waals surface area contributed by atoms with E-state index in [0.717, 1.165) is 76.5 Å². The highest BCUT2D eigenvalue weighted by Crippen LogP contribution is 2.49. The average molecular weight is 960 g/mol. The van der Waals surface area contributed by atoms with Crippen LogP contribution in [0, 0.1) is 0 Å². The first kappa shape index (κ1) is 48.4. The smallest absolute Gasteiger partial charge is 0.344 e. The van der Waals surface area contributed by atoms with Crippen LogP contribution in [-0.2, 0) is 46.9 Å². The molecule has 1 fully saturated rings. The van der Waals surface area contributed by atoms with Crippen LogP contribution in [0.4, 0.5) is 11.4 Å². The number of anilines is 2. The minimum atomic E-state index is -4.16. The lowest BCUT2D eigenvalue weighted by Crippen LogP contribution is -2.29. The van der Waals surface area contributed by atoms with Crippen LogP contribution in [0.15, 0.2) is 155 Å². The Morgan fingerprint density at radius 1 is 0.692 bits per heavy atom. The quantitative estimate of drug-likeness (QED) is 0.0246. The lowest BCUT2D eigenvalue weighted by atomic mass is 9.83. The molecular formula is C50H57ClN3O8S3+. The van der Waals surface area contributed by atoms with Gasteiger partial charge in [-0.1, -0.05) is 123 Å². The number of halogens is 1. The Labute approximate surface area is 393 Å². The normalized spacial score (nSPS) is 20.0. The molecular weight excluding hydrogens is 902 g/mol. The number of rotatable bonds is 18. The molecule has 0 amide bonds. The van der Waals surface area contributed by atoms with E-state index >= 15 is 8.42 Å². The van der Waals surface area contributed by atoms with Crippen molar-refractivity contribution < 1.29 is 40.0 Å². The second-order valence-electron chi connectivity index (χ2n) is 17.5. The Morgan fingerprint density at radius 2 is 1.20 bits per heavy atom. The second kappa shape index (κ2) is 20.6. The molecule has 2 aliphatic heterocycles. The molecule has 4 aromatic carbocycles. The largest absolute Gasteiger partial charge is 0.395 e. The van der Waals surface area contributed by atoms with Crippen molar-refractivity contribution in [3.05, 3.63) is 172 Å². The summed E-state index contributed by atoms with van der Waals surface area (Å²) in [6.45, 7) is 10.1. The maximum absolute atomic E-state index is 15.2. The van der Waals surface area contributed by atoms with Crippen LogP contribution in [0.25, 0.3) is 0 Å². The number of unbranched alkanes of at least 4 members (excludes halogenated alkanes) is 2. The summed E-state index contributed by atoms with van der Waals surface area (Å²) in [7, 11) is -8.25. The fourth-order valence-corrected chi connectivity index (χ4v) is 11.9. The van der Waals surface area contributed by atoms with E-state index in [1.165, 1.54) is 5.56 Å². The molecule has 11 nitrogen and oxygen atoms in total. The summed E-state index contributed by atoms with van der Waals surface area (Å²) in [5.41, 5.74) is 9.02. The topological polar surface area (TPSA) is 137 Å². The third kappa shape index (κ3) is 10.9. The van der Waals surface area contributed by atoms with Crippen molar-refractivity contribution in [2.24, 2.45) is 0 Å². The summed E-state index contributed by atoms with van der Waals surface area (Å²) in [5.74, 6) is 0.329. The van der Waals surface area contributed by atoms with Crippen molar-refractivity contribution in [1.29, 1.82) is 0 Å². The lowest BCUT2D eigenvalue weighted by molar-refractivity contribution is -0.432. The summed E-state index contributed by atoms with van der Waals surface area (Å²) in [6, 6.07) is 32.5. The molecule has 1 saturated carbocycles. The first-order valence-corrected chi connectivity index (χ1v) is 26.2. The van der Waals surface area contributed by atoms with Crippen LogP contribution in [0.2, 0.25) is 5.02 Å². The van der Waals surface area contributed by atoms with E-state index in [-0.39, 0.29) is 22.6 Å². The van der Waals surface area contributed by atoms with Crippen LogP contribution < -0.4 is 9.80 Å². The van der Waals surface area contributed by atoms with E-state index in [1.807, 2.05) is 48.5 Å². The van der Waals surface area contributed by atoms with Gasteiger partial charge < -0.3 is 9.80 Å². The van der Waals surface area contributed by atoms with E-state index < -0.39 is 25.6 Å². The standard InChI is InChI=1S/C50H56ClN3O8S3/c1-49(2)42-18-8-10-20-44(42)52(32-12-14-34-63-62-61-55)46(49)30-24-38-22-23-39(48(38)54(36-37-16-6-5-7-17-37)65(59,60)41-28-26-40(51)27-29-41)25-31-47-50(3,4)43-19-9-11-21-45(43)53(47)33-13-15-35-64(56,57)58/h5-11,16-21,24-31H,12-15,22-23,32-36H2,1-4H3,(H-,55,56,57,58)/p+1. The lowest BCUT2D eigenvalue weighted by Gasteiger charge is -2.27. The third-order valence-corrected chi connectivity index (χ3v) is 16.0. The van der Waals surface area contributed by atoms with Crippen molar-refractivity contribution in [2.45, 2.75) is 88.5 Å². The average Bonchev–Trinajstić information content (AvgIpc) is 3.85. The zero-order valence-electron chi connectivity index (χ0n) is 37.2. The highest BCUT2D eigenvalue weighted by atomic mass is 35.5. The van der Waals surface area contributed by atoms with E-state index in [0.29, 0.717) is 48.7 Å². The van der Waals surface area contributed by atoms with Gasteiger partial charge in [0.25, 0.3) is 10.1 Å².